The van der Waals surface area contributed by atoms with E-state index in [0.29, 0.717) is 12.8 Å². The zero-order valence-electron chi connectivity index (χ0n) is 5.24. The molecule has 2 atom stereocenters. The molecule has 3 heteroatoms. The minimum Gasteiger partial charge on any atom is -0.412 e. The molecule has 0 bridgehead atoms. The van der Waals surface area contributed by atoms with Crippen molar-refractivity contribution in [1.29, 1.82) is 0 Å². The predicted molar refractivity (Wildman–Crippen MR) is 31.9 cm³/mol. The van der Waals surface area contributed by atoms with Gasteiger partial charge in [0.25, 0.3) is 0 Å². The molecule has 0 aromatic carbocycles. The van der Waals surface area contributed by atoms with Gasteiger partial charge in [0.1, 0.15) is 12.3 Å². The third-order valence-corrected chi connectivity index (χ3v) is 1.55. The van der Waals surface area contributed by atoms with E-state index in [1.54, 1.807) is 0 Å². The second-order valence-corrected chi connectivity index (χ2v) is 2.36. The number of rotatable bonds is 0. The Labute approximate surface area is 53.4 Å². The lowest BCUT2D eigenvalue weighted by molar-refractivity contribution is 0.159. The first-order valence-electron chi connectivity index (χ1n) is 3.07. The van der Waals surface area contributed by atoms with Gasteiger partial charge in [0.15, 0.2) is 0 Å². The summed E-state index contributed by atoms with van der Waals surface area (Å²) in [5, 5.41) is 0. The van der Waals surface area contributed by atoms with Gasteiger partial charge in [0, 0.05) is 6.42 Å². The molecule has 0 aromatic rings. The van der Waals surface area contributed by atoms with Crippen molar-refractivity contribution < 1.29 is 14.3 Å². The smallest absolute Gasteiger partial charge is 0.103 e. The maximum absolute atomic E-state index is 12.2. The summed E-state index contributed by atoms with van der Waals surface area (Å²) in [5.41, 5.74) is 0. The second-order valence-electron chi connectivity index (χ2n) is 2.36. The highest BCUT2D eigenvalue weighted by atomic mass is 19.1. The lowest BCUT2D eigenvalue weighted by Crippen LogP contribution is -2.16. The van der Waals surface area contributed by atoms with E-state index in [2.05, 4.69) is 0 Å². The van der Waals surface area contributed by atoms with Crippen LogP contribution in [0, 0.1) is 0 Å². The summed E-state index contributed by atoms with van der Waals surface area (Å²) in [7, 11) is 0. The number of hydrogen-bond acceptors (Lipinski definition) is 0. The van der Waals surface area contributed by atoms with Crippen LogP contribution < -0.4 is 0 Å². The van der Waals surface area contributed by atoms with Gasteiger partial charge < -0.3 is 5.48 Å². The van der Waals surface area contributed by atoms with Crippen molar-refractivity contribution in [3.8, 4) is 0 Å². The Bertz CT molecular complexity index is 69.5. The van der Waals surface area contributed by atoms with Crippen molar-refractivity contribution in [3.63, 3.8) is 0 Å². The Morgan fingerprint density at radius 3 is 1.67 bits per heavy atom. The van der Waals surface area contributed by atoms with Crippen LogP contribution in [-0.2, 0) is 0 Å². The maximum atomic E-state index is 12.2. The van der Waals surface area contributed by atoms with Gasteiger partial charge in [-0.05, 0) is 19.3 Å². The van der Waals surface area contributed by atoms with Crippen LogP contribution in [0.3, 0.4) is 0 Å². The van der Waals surface area contributed by atoms with Gasteiger partial charge in [-0.25, -0.2) is 8.78 Å². The Morgan fingerprint density at radius 1 is 1.00 bits per heavy atom. The molecule has 1 nitrogen and oxygen atoms in total. The fourth-order valence-electron chi connectivity index (χ4n) is 1.07. The largest absolute Gasteiger partial charge is 0.412 e. The van der Waals surface area contributed by atoms with Crippen molar-refractivity contribution in [2.24, 2.45) is 0 Å². The molecule has 0 saturated heterocycles. The van der Waals surface area contributed by atoms with E-state index in [9.17, 15) is 8.78 Å². The summed E-state index contributed by atoms with van der Waals surface area (Å²) in [5.74, 6) is 0. The first-order valence-corrected chi connectivity index (χ1v) is 3.07. The molecule has 2 N–H and O–H groups in total. The van der Waals surface area contributed by atoms with Gasteiger partial charge in [0.2, 0.25) is 0 Å². The molecule has 0 radical (unpaired) electrons. The Balaban J connectivity index is 0.000000640. The van der Waals surface area contributed by atoms with E-state index in [4.69, 9.17) is 0 Å². The highest BCUT2D eigenvalue weighted by Gasteiger charge is 2.19. The SMILES string of the molecule is FC1CCCC(F)C1.O. The molecule has 1 rings (SSSR count). The summed E-state index contributed by atoms with van der Waals surface area (Å²) in [4.78, 5) is 0. The molecule has 0 aliphatic heterocycles. The Kier molecular flexibility index (Phi) is 3.70. The van der Waals surface area contributed by atoms with Crippen LogP contribution >= 0.6 is 0 Å². The van der Waals surface area contributed by atoms with Crippen molar-refractivity contribution in [2.45, 2.75) is 38.0 Å². The molecule has 1 aliphatic rings. The van der Waals surface area contributed by atoms with E-state index in [-0.39, 0.29) is 11.9 Å². The molecule has 0 aromatic heterocycles. The first kappa shape index (κ1) is 8.82. The van der Waals surface area contributed by atoms with Gasteiger partial charge in [-0.1, -0.05) is 0 Å². The van der Waals surface area contributed by atoms with Crippen molar-refractivity contribution >= 4 is 0 Å². The third kappa shape index (κ3) is 2.75. The number of alkyl halides is 2. The molecule has 1 saturated carbocycles. The molecule has 9 heavy (non-hydrogen) atoms. The van der Waals surface area contributed by atoms with Crippen molar-refractivity contribution in [1.82, 2.24) is 0 Å². The zero-order valence-corrected chi connectivity index (χ0v) is 5.24. The van der Waals surface area contributed by atoms with E-state index >= 15 is 0 Å². The molecule has 2 unspecified atom stereocenters. The summed E-state index contributed by atoms with van der Waals surface area (Å²) in [6, 6.07) is 0. The Morgan fingerprint density at radius 2 is 1.44 bits per heavy atom. The molecule has 0 heterocycles. The summed E-state index contributed by atoms with van der Waals surface area (Å²) < 4.78 is 24.4. The molecule has 1 aliphatic carbocycles. The van der Waals surface area contributed by atoms with Gasteiger partial charge in [-0.3, -0.25) is 0 Å². The minimum absolute atomic E-state index is 0. The van der Waals surface area contributed by atoms with Gasteiger partial charge in [-0.2, -0.15) is 0 Å². The van der Waals surface area contributed by atoms with E-state index in [1.165, 1.54) is 0 Å². The fraction of sp³-hybridized carbons (Fsp3) is 1.00. The summed E-state index contributed by atoms with van der Waals surface area (Å²) >= 11 is 0. The van der Waals surface area contributed by atoms with E-state index < -0.39 is 12.3 Å². The quantitative estimate of drug-likeness (QED) is 0.484. The highest BCUT2D eigenvalue weighted by molar-refractivity contribution is 4.70. The molecule has 0 spiro atoms. The van der Waals surface area contributed by atoms with Gasteiger partial charge >= 0.3 is 0 Å². The minimum atomic E-state index is -0.862. The molecular weight excluding hydrogens is 126 g/mol. The van der Waals surface area contributed by atoms with Crippen LogP contribution in [-0.4, -0.2) is 17.8 Å². The maximum Gasteiger partial charge on any atom is 0.103 e. The van der Waals surface area contributed by atoms with Crippen molar-refractivity contribution in [2.75, 3.05) is 0 Å². The van der Waals surface area contributed by atoms with Crippen LogP contribution in [0.1, 0.15) is 25.7 Å². The predicted octanol–water partition coefficient (Wildman–Crippen LogP) is 1.41. The first-order chi connectivity index (χ1) is 3.79. The van der Waals surface area contributed by atoms with Crippen LogP contribution in [0.25, 0.3) is 0 Å². The lowest BCUT2D eigenvalue weighted by Gasteiger charge is -2.17. The number of hydrogen-bond donors (Lipinski definition) is 0. The molecule has 0 amide bonds. The summed E-state index contributed by atoms with van der Waals surface area (Å²) in [6.07, 6.45) is 0.279. The monoisotopic (exact) mass is 138 g/mol. The topological polar surface area (TPSA) is 31.5 Å². The van der Waals surface area contributed by atoms with Crippen LogP contribution in [0.15, 0.2) is 0 Å². The fourth-order valence-corrected chi connectivity index (χ4v) is 1.07. The van der Waals surface area contributed by atoms with Gasteiger partial charge in [-0.15, -0.1) is 0 Å². The number of halogens is 2. The van der Waals surface area contributed by atoms with Crippen LogP contribution in [0.5, 0.6) is 0 Å². The van der Waals surface area contributed by atoms with Crippen LogP contribution in [0.2, 0.25) is 0 Å². The lowest BCUT2D eigenvalue weighted by atomic mass is 9.97. The average Bonchev–Trinajstić information content (AvgIpc) is 1.64. The van der Waals surface area contributed by atoms with Crippen molar-refractivity contribution in [3.05, 3.63) is 0 Å². The second kappa shape index (κ2) is 3.77. The molecule has 1 fully saturated rings. The Hall–Kier alpha value is -0.180. The highest BCUT2D eigenvalue weighted by Crippen LogP contribution is 2.22. The van der Waals surface area contributed by atoms with E-state index in [0.717, 1.165) is 6.42 Å². The summed E-state index contributed by atoms with van der Waals surface area (Å²) in [6.45, 7) is 0. The molecular formula is C6H12F2O. The van der Waals surface area contributed by atoms with Crippen LogP contribution in [0.4, 0.5) is 8.78 Å². The van der Waals surface area contributed by atoms with Gasteiger partial charge in [0.05, 0.1) is 0 Å². The average molecular weight is 138 g/mol. The third-order valence-electron chi connectivity index (χ3n) is 1.55. The normalized spacial score (nSPS) is 35.3. The zero-order chi connectivity index (χ0) is 5.98. The standard InChI is InChI=1S/C6H10F2.H2O/c7-5-2-1-3-6(8)4-5;/h5-6H,1-4H2;1H2. The molecule has 56 valence electrons. The van der Waals surface area contributed by atoms with E-state index in [1.807, 2.05) is 0 Å².